The summed E-state index contributed by atoms with van der Waals surface area (Å²) in [6, 6.07) is 0. The molecule has 6 heterocycles. The van der Waals surface area contributed by atoms with Crippen LogP contribution in [0.2, 0.25) is 0 Å². The van der Waals surface area contributed by atoms with Gasteiger partial charge in [-0.25, -0.2) is 0 Å². The predicted molar refractivity (Wildman–Crippen MR) is 460 cm³/mol. The van der Waals surface area contributed by atoms with E-state index in [9.17, 15) is 28.8 Å². The SMILES string of the molecule is CCCCOC(=O)CCNc1nc(N)nc(NCCNc2nc(NCCNc3nc(NCCNc4nc(NCCNc5nc(NCCNc6nc(NCCN)nc(NCCC(=O)OCCCC)n6)nc(NCCC(=O)OCCCC)n5)nc(NCCC(=O)OCCCC)n4)nc(NCCC(=O)OCCCC)n3)nc(NCCC(=O)OCCCC)n2)n1. The van der Waals surface area contributed by atoms with E-state index >= 15 is 0 Å². The molecule has 668 valence electrons. The van der Waals surface area contributed by atoms with Crippen molar-refractivity contribution < 1.29 is 57.2 Å². The summed E-state index contributed by atoms with van der Waals surface area (Å²) in [5, 5.41) is 53.5. The summed E-state index contributed by atoms with van der Waals surface area (Å²) in [6.45, 7) is 18.4. The van der Waals surface area contributed by atoms with Crippen molar-refractivity contribution in [3.8, 4) is 0 Å². The van der Waals surface area contributed by atoms with Crippen molar-refractivity contribution in [2.45, 2.75) is 157 Å². The lowest BCUT2D eigenvalue weighted by Gasteiger charge is -2.14. The molecule has 0 bridgehead atoms. The Morgan fingerprint density at radius 3 is 0.463 bits per heavy atom. The van der Waals surface area contributed by atoms with Gasteiger partial charge in [-0.3, -0.25) is 28.8 Å². The van der Waals surface area contributed by atoms with Crippen molar-refractivity contribution in [1.29, 1.82) is 0 Å². The highest BCUT2D eigenvalue weighted by Crippen LogP contribution is 2.17. The number of nitrogens with two attached hydrogens (primary N) is 2. The predicted octanol–water partition coefficient (Wildman–Crippen LogP) is 4.24. The molecule has 0 spiro atoms. The number of anilines is 18. The quantitative estimate of drug-likeness (QED) is 0.0144. The van der Waals surface area contributed by atoms with Crippen LogP contribution in [0.25, 0.3) is 0 Å². The van der Waals surface area contributed by atoms with Gasteiger partial charge in [-0.2, -0.15) is 89.7 Å². The highest BCUT2D eigenvalue weighted by Gasteiger charge is 2.18. The first kappa shape index (κ1) is 97.1. The standard InChI is InChI=1S/C72H123N37O12/c1-7-13-43-116-49(110)19-26-75-56-92-55(74)93-57(94-56)82-33-34-83-65-97-59(77-28-21-51(112)118-45-15-9-3)98-66(106-65)86-37-38-87-69-101-61(79-30-23-53(114)120-47-17-11-5)102-70(108-69)90-41-42-91-72-104-62(80-31-24-54(115)121-48-18-12-6)103-71(109-72)89-40-39-88-68-100-60(78-29-22-52(113)119-46-16-10-4)99-67(107-68)85-36-35-84-64-96-58(95-63(105-64)81-32-25-73)76-27-20-50(111)117-44-14-8-2/h7-48,73H2,1-6H3,(H4,74,75,82,92,93,94)(H3,76,81,84,95,96,105)(H3,77,83,86,97,98,106)(H3,78,85,88,99,100,107)(H3,79,87,90,101,102,108)(H3,80,89,91,103,104,109). The van der Waals surface area contributed by atoms with Crippen LogP contribution in [0.5, 0.6) is 0 Å². The summed E-state index contributed by atoms with van der Waals surface area (Å²) < 4.78 is 31.9. The fraction of sp³-hybridized carbons (Fsp3) is 0.667. The third-order valence-corrected chi connectivity index (χ3v) is 16.0. The number of hydrogen-bond donors (Lipinski definition) is 19. The molecule has 0 fully saturated rings. The molecule has 6 rings (SSSR count). The first-order valence-corrected chi connectivity index (χ1v) is 41.6. The maximum absolute atomic E-state index is 12.6. The summed E-state index contributed by atoms with van der Waals surface area (Å²) in [7, 11) is 0. The molecule has 0 aromatic carbocycles. The first-order chi connectivity index (χ1) is 59.0. The molecule has 0 unspecified atom stereocenters. The van der Waals surface area contributed by atoms with Crippen molar-refractivity contribution in [1.82, 2.24) is 89.7 Å². The molecule has 6 aromatic rings. The van der Waals surface area contributed by atoms with Crippen LogP contribution >= 0.6 is 0 Å². The van der Waals surface area contributed by atoms with E-state index in [1.54, 1.807) is 0 Å². The summed E-state index contributed by atoms with van der Waals surface area (Å²) >= 11 is 0. The Bertz CT molecular complexity index is 4000. The van der Waals surface area contributed by atoms with Crippen molar-refractivity contribution in [2.24, 2.45) is 5.73 Å². The van der Waals surface area contributed by atoms with E-state index in [1.807, 2.05) is 41.5 Å². The zero-order valence-electron chi connectivity index (χ0n) is 70.3. The fourth-order valence-electron chi connectivity index (χ4n) is 9.62. The molecule has 0 aliphatic carbocycles. The van der Waals surface area contributed by atoms with Crippen molar-refractivity contribution >= 4 is 143 Å². The molecule has 0 aliphatic rings. The highest BCUT2D eigenvalue weighted by molar-refractivity contribution is 5.72. The molecular formula is C72H123N37O12. The molecule has 49 nitrogen and oxygen atoms in total. The molecule has 49 heteroatoms. The number of carbonyl (C=O) groups excluding carboxylic acids is 6. The molecule has 121 heavy (non-hydrogen) atoms. The van der Waals surface area contributed by atoms with Gasteiger partial charge in [0.1, 0.15) is 0 Å². The molecule has 21 N–H and O–H groups in total. The van der Waals surface area contributed by atoms with Crippen molar-refractivity contribution in [3.63, 3.8) is 0 Å². The van der Waals surface area contributed by atoms with Gasteiger partial charge in [0.25, 0.3) is 0 Å². The van der Waals surface area contributed by atoms with Crippen molar-refractivity contribution in [3.05, 3.63) is 0 Å². The maximum Gasteiger partial charge on any atom is 0.307 e. The Morgan fingerprint density at radius 2 is 0.331 bits per heavy atom. The van der Waals surface area contributed by atoms with Gasteiger partial charge >= 0.3 is 35.8 Å². The van der Waals surface area contributed by atoms with Crippen LogP contribution in [0.1, 0.15) is 157 Å². The number of nitrogens with one attached hydrogen (secondary N) is 17. The lowest BCUT2D eigenvalue weighted by molar-refractivity contribution is -0.144. The van der Waals surface area contributed by atoms with Gasteiger partial charge in [-0.15, -0.1) is 0 Å². The summed E-state index contributed by atoms with van der Waals surface area (Å²) in [6.07, 6.45) is 10.3. The van der Waals surface area contributed by atoms with Crippen LogP contribution in [0.3, 0.4) is 0 Å². The number of aromatic nitrogens is 18. The van der Waals surface area contributed by atoms with E-state index in [0.29, 0.717) is 59.3 Å². The number of carbonyl (C=O) groups is 6. The second-order valence-electron chi connectivity index (χ2n) is 26.4. The number of nitrogen functional groups attached to an aromatic ring is 1. The fourth-order valence-corrected chi connectivity index (χ4v) is 9.62. The Morgan fingerprint density at radius 1 is 0.207 bits per heavy atom. The Hall–Kier alpha value is -12.8. The normalized spacial score (nSPS) is 10.7. The molecule has 0 amide bonds. The molecule has 0 saturated heterocycles. The number of hydrogen-bond acceptors (Lipinski definition) is 49. The lowest BCUT2D eigenvalue weighted by atomic mass is 10.3. The summed E-state index contributed by atoms with van der Waals surface area (Å²) in [5.41, 5.74) is 11.7. The number of nitrogens with zero attached hydrogens (tertiary/aromatic N) is 18. The molecule has 0 atom stereocenters. The van der Waals surface area contributed by atoms with Gasteiger partial charge in [-0.05, 0) is 38.5 Å². The van der Waals surface area contributed by atoms with Gasteiger partial charge in [0, 0.05) is 118 Å². The lowest BCUT2D eigenvalue weighted by Crippen LogP contribution is -2.22. The summed E-state index contributed by atoms with van der Waals surface area (Å²) in [5.74, 6) is 1.05. The Labute approximate surface area is 703 Å². The monoisotopic (exact) mass is 1700 g/mol. The molecule has 0 radical (unpaired) electrons. The highest BCUT2D eigenvalue weighted by atomic mass is 16.6. The van der Waals surface area contributed by atoms with Gasteiger partial charge in [0.05, 0.1) is 78.2 Å². The average Bonchev–Trinajstić information content (AvgIpc) is 0.881. The van der Waals surface area contributed by atoms with Crippen LogP contribution in [-0.4, -0.2) is 283 Å². The molecule has 6 aromatic heterocycles. The van der Waals surface area contributed by atoms with E-state index in [1.165, 1.54) is 0 Å². The number of esters is 6. The van der Waals surface area contributed by atoms with Gasteiger partial charge in [0.15, 0.2) is 0 Å². The topological polar surface area (TPSA) is 646 Å². The minimum Gasteiger partial charge on any atom is -0.466 e. The third-order valence-electron chi connectivity index (χ3n) is 16.0. The van der Waals surface area contributed by atoms with Crippen LogP contribution in [-0.2, 0) is 57.2 Å². The van der Waals surface area contributed by atoms with E-state index in [-0.39, 0.29) is 280 Å². The van der Waals surface area contributed by atoms with Crippen molar-refractivity contribution in [2.75, 3.05) is 254 Å². The maximum atomic E-state index is 12.6. The van der Waals surface area contributed by atoms with Crippen LogP contribution < -0.4 is 102 Å². The average molecular weight is 1700 g/mol. The second-order valence-corrected chi connectivity index (χ2v) is 26.4. The zero-order valence-corrected chi connectivity index (χ0v) is 70.3. The van der Waals surface area contributed by atoms with Crippen LogP contribution in [0.4, 0.5) is 107 Å². The zero-order chi connectivity index (χ0) is 86.5. The largest absolute Gasteiger partial charge is 0.466 e. The first-order valence-electron chi connectivity index (χ1n) is 41.6. The minimum absolute atomic E-state index is 0.0356. The molecule has 0 aliphatic heterocycles. The van der Waals surface area contributed by atoms with E-state index in [2.05, 4.69) is 180 Å². The molecule has 0 saturated carbocycles. The Balaban J connectivity index is 1.11. The van der Waals surface area contributed by atoms with E-state index in [4.69, 9.17) is 39.9 Å². The number of unbranched alkanes of at least 4 members (excludes halogenated alkanes) is 6. The van der Waals surface area contributed by atoms with Crippen LogP contribution in [0, 0.1) is 0 Å². The third kappa shape index (κ3) is 44.0. The summed E-state index contributed by atoms with van der Waals surface area (Å²) in [4.78, 5) is 156. The molecular weight excluding hydrogens is 1580 g/mol. The van der Waals surface area contributed by atoms with Crippen LogP contribution in [0.15, 0.2) is 0 Å². The second kappa shape index (κ2) is 59.8. The smallest absolute Gasteiger partial charge is 0.307 e. The van der Waals surface area contributed by atoms with E-state index in [0.717, 1.165) is 77.0 Å². The van der Waals surface area contributed by atoms with Gasteiger partial charge in [-0.1, -0.05) is 80.1 Å². The minimum atomic E-state index is -0.379. The Kier molecular flexibility index (Phi) is 48.0. The van der Waals surface area contributed by atoms with Gasteiger partial charge in [0.2, 0.25) is 107 Å². The number of rotatable bonds is 70. The number of ether oxygens (including phenoxy) is 6. The van der Waals surface area contributed by atoms with Gasteiger partial charge < -0.3 is 130 Å². The van der Waals surface area contributed by atoms with E-state index < -0.39 is 0 Å².